The van der Waals surface area contributed by atoms with Gasteiger partial charge in [-0.1, -0.05) is 13.8 Å². The van der Waals surface area contributed by atoms with Gasteiger partial charge in [0.25, 0.3) is 5.91 Å². The second-order valence-electron chi connectivity index (χ2n) is 7.31. The summed E-state index contributed by atoms with van der Waals surface area (Å²) in [4.78, 5) is 12.8. The number of hydrogen-bond acceptors (Lipinski definition) is 5. The molecule has 0 aliphatic carbocycles. The van der Waals surface area contributed by atoms with E-state index in [4.69, 9.17) is 9.47 Å². The van der Waals surface area contributed by atoms with Gasteiger partial charge in [-0.05, 0) is 30.7 Å². The van der Waals surface area contributed by atoms with Gasteiger partial charge in [-0.2, -0.15) is 0 Å². The van der Waals surface area contributed by atoms with E-state index >= 15 is 0 Å². The fourth-order valence-corrected chi connectivity index (χ4v) is 3.58. The van der Waals surface area contributed by atoms with Crippen LogP contribution in [0.4, 0.5) is 0 Å². The van der Waals surface area contributed by atoms with Crippen molar-refractivity contribution in [3.63, 3.8) is 0 Å². The van der Waals surface area contributed by atoms with Crippen molar-refractivity contribution in [2.45, 2.75) is 45.2 Å². The molecule has 1 aromatic carbocycles. The van der Waals surface area contributed by atoms with E-state index in [2.05, 4.69) is 33.9 Å². The first-order valence-corrected chi connectivity index (χ1v) is 9.29. The molecule has 7 heteroatoms. The molecule has 0 saturated heterocycles. The molecule has 0 spiro atoms. The topological polar surface area (TPSA) is 78.3 Å². The predicted molar refractivity (Wildman–Crippen MR) is 101 cm³/mol. The van der Waals surface area contributed by atoms with Crippen molar-refractivity contribution in [3.05, 3.63) is 41.0 Å². The highest BCUT2D eigenvalue weighted by atomic mass is 16.5. The molecule has 1 unspecified atom stereocenters. The van der Waals surface area contributed by atoms with E-state index in [1.165, 1.54) is 0 Å². The lowest BCUT2D eigenvalue weighted by Crippen LogP contribution is -2.42. The monoisotopic (exact) mass is 368 g/mol. The highest BCUT2D eigenvalue weighted by Crippen LogP contribution is 2.30. The van der Waals surface area contributed by atoms with Crippen molar-refractivity contribution in [1.29, 1.82) is 0 Å². The smallest absolute Gasteiger partial charge is 0.250 e. The second-order valence-corrected chi connectivity index (χ2v) is 7.31. The zero-order valence-corrected chi connectivity index (χ0v) is 15.9. The summed E-state index contributed by atoms with van der Waals surface area (Å²) in [7, 11) is 1.62. The molecule has 1 atom stereocenters. The SMILES string of the molecule is COc1ccc2c(c1)C=C(C(=O)NC1CCc3nnc(C(C)C)n3C1)CO2. The highest BCUT2D eigenvalue weighted by Gasteiger charge is 2.26. The number of amides is 1. The maximum Gasteiger partial charge on any atom is 0.250 e. The Balaban J connectivity index is 1.48. The van der Waals surface area contributed by atoms with Gasteiger partial charge in [-0.25, -0.2) is 0 Å². The third-order valence-electron chi connectivity index (χ3n) is 5.05. The van der Waals surface area contributed by atoms with Gasteiger partial charge in [-0.3, -0.25) is 4.79 Å². The lowest BCUT2D eigenvalue weighted by Gasteiger charge is -2.27. The molecular formula is C20H24N4O3. The van der Waals surface area contributed by atoms with Crippen LogP contribution >= 0.6 is 0 Å². The minimum absolute atomic E-state index is 0.0612. The minimum atomic E-state index is -0.0870. The molecule has 1 amide bonds. The first-order chi connectivity index (χ1) is 13.0. The van der Waals surface area contributed by atoms with Crippen LogP contribution in [-0.4, -0.2) is 40.4 Å². The number of fused-ring (bicyclic) bond motifs is 2. The summed E-state index contributed by atoms with van der Waals surface area (Å²) in [5.41, 5.74) is 1.48. The zero-order valence-electron chi connectivity index (χ0n) is 15.9. The average molecular weight is 368 g/mol. The summed E-state index contributed by atoms with van der Waals surface area (Å²) in [6.45, 7) is 5.19. The van der Waals surface area contributed by atoms with E-state index < -0.39 is 0 Å². The van der Waals surface area contributed by atoms with Gasteiger partial charge in [-0.15, -0.1) is 10.2 Å². The van der Waals surface area contributed by atoms with Gasteiger partial charge in [0.2, 0.25) is 0 Å². The standard InChI is InChI=1S/C20H24N4O3/c1-12(2)19-23-22-18-7-4-15(10-24(18)19)21-20(25)14-8-13-9-16(26-3)5-6-17(13)27-11-14/h5-6,8-9,12,15H,4,7,10-11H2,1-3H3,(H,21,25). The molecule has 2 aliphatic rings. The summed E-state index contributed by atoms with van der Waals surface area (Å²) in [6, 6.07) is 5.65. The molecule has 2 aromatic rings. The fraction of sp³-hybridized carbons (Fsp3) is 0.450. The summed E-state index contributed by atoms with van der Waals surface area (Å²) >= 11 is 0. The van der Waals surface area contributed by atoms with Crippen LogP contribution in [0.2, 0.25) is 0 Å². The number of aryl methyl sites for hydroxylation is 1. The predicted octanol–water partition coefficient (Wildman–Crippen LogP) is 2.32. The molecule has 2 aliphatic heterocycles. The highest BCUT2D eigenvalue weighted by molar-refractivity contribution is 5.99. The number of methoxy groups -OCH3 is 1. The van der Waals surface area contributed by atoms with Crippen LogP contribution in [0, 0.1) is 0 Å². The van der Waals surface area contributed by atoms with Crippen molar-refractivity contribution >= 4 is 12.0 Å². The van der Waals surface area contributed by atoms with Crippen molar-refractivity contribution in [3.8, 4) is 11.5 Å². The molecule has 0 saturated carbocycles. The lowest BCUT2D eigenvalue weighted by atomic mass is 10.0. The Bertz CT molecular complexity index is 901. The first-order valence-electron chi connectivity index (χ1n) is 9.29. The summed E-state index contributed by atoms with van der Waals surface area (Å²) in [5, 5.41) is 11.7. The van der Waals surface area contributed by atoms with E-state index in [0.717, 1.165) is 41.6 Å². The van der Waals surface area contributed by atoms with Crippen LogP contribution in [0.3, 0.4) is 0 Å². The number of hydrogen-bond donors (Lipinski definition) is 1. The van der Waals surface area contributed by atoms with Gasteiger partial charge in [0.15, 0.2) is 0 Å². The number of nitrogens with zero attached hydrogens (tertiary/aromatic N) is 3. The maximum absolute atomic E-state index is 12.8. The van der Waals surface area contributed by atoms with Crippen molar-refractivity contribution in [2.75, 3.05) is 13.7 Å². The maximum atomic E-state index is 12.8. The van der Waals surface area contributed by atoms with Crippen molar-refractivity contribution in [2.24, 2.45) is 0 Å². The molecule has 0 radical (unpaired) electrons. The minimum Gasteiger partial charge on any atom is -0.497 e. The van der Waals surface area contributed by atoms with Crippen LogP contribution in [0.5, 0.6) is 11.5 Å². The molecule has 0 bridgehead atoms. The largest absolute Gasteiger partial charge is 0.497 e. The molecule has 27 heavy (non-hydrogen) atoms. The Morgan fingerprint density at radius 2 is 2.22 bits per heavy atom. The molecule has 0 fully saturated rings. The number of carbonyl (C=O) groups is 1. The van der Waals surface area contributed by atoms with Gasteiger partial charge in [0, 0.05) is 30.5 Å². The lowest BCUT2D eigenvalue weighted by molar-refractivity contribution is -0.118. The van der Waals surface area contributed by atoms with Crippen molar-refractivity contribution < 1.29 is 14.3 Å². The molecule has 1 aromatic heterocycles. The number of ether oxygens (including phenoxy) is 2. The Hall–Kier alpha value is -2.83. The summed E-state index contributed by atoms with van der Waals surface area (Å²) in [6.07, 6.45) is 3.56. The zero-order chi connectivity index (χ0) is 19.0. The molecule has 142 valence electrons. The molecule has 1 N–H and O–H groups in total. The van der Waals surface area contributed by atoms with Gasteiger partial charge >= 0.3 is 0 Å². The van der Waals surface area contributed by atoms with Crippen molar-refractivity contribution in [1.82, 2.24) is 20.1 Å². The van der Waals surface area contributed by atoms with E-state index in [1.54, 1.807) is 7.11 Å². The third kappa shape index (κ3) is 3.41. The van der Waals surface area contributed by atoms with Gasteiger partial charge in [0.05, 0.1) is 12.7 Å². The number of nitrogens with one attached hydrogen (secondary N) is 1. The molecule has 7 nitrogen and oxygen atoms in total. The first kappa shape index (κ1) is 17.6. The Morgan fingerprint density at radius 3 is 3.00 bits per heavy atom. The number of rotatable bonds is 4. The van der Waals surface area contributed by atoms with Gasteiger partial charge < -0.3 is 19.4 Å². The van der Waals surface area contributed by atoms with Crippen LogP contribution in [0.25, 0.3) is 6.08 Å². The second kappa shape index (κ2) is 7.06. The summed E-state index contributed by atoms with van der Waals surface area (Å²) < 4.78 is 13.1. The molecule has 3 heterocycles. The summed E-state index contributed by atoms with van der Waals surface area (Å²) in [5.74, 6) is 3.71. The Morgan fingerprint density at radius 1 is 1.37 bits per heavy atom. The third-order valence-corrected chi connectivity index (χ3v) is 5.05. The number of carbonyl (C=O) groups excluding carboxylic acids is 1. The van der Waals surface area contributed by atoms with Crippen LogP contribution < -0.4 is 14.8 Å². The van der Waals surface area contributed by atoms with E-state index in [9.17, 15) is 4.79 Å². The van der Waals surface area contributed by atoms with Gasteiger partial charge in [0.1, 0.15) is 29.8 Å². The molecular weight excluding hydrogens is 344 g/mol. The molecule has 4 rings (SSSR count). The average Bonchev–Trinajstić information content (AvgIpc) is 3.10. The van der Waals surface area contributed by atoms with E-state index in [-0.39, 0.29) is 18.6 Å². The van der Waals surface area contributed by atoms with Crippen LogP contribution in [0.1, 0.15) is 43.4 Å². The van der Waals surface area contributed by atoms with Crippen LogP contribution in [-0.2, 0) is 17.8 Å². The quantitative estimate of drug-likeness (QED) is 0.896. The number of aromatic nitrogens is 3. The Kier molecular flexibility index (Phi) is 4.59. The van der Waals surface area contributed by atoms with Crippen LogP contribution in [0.15, 0.2) is 23.8 Å². The fourth-order valence-electron chi connectivity index (χ4n) is 3.58. The normalized spacial score (nSPS) is 18.2. The number of benzene rings is 1. The van der Waals surface area contributed by atoms with E-state index in [1.807, 2.05) is 24.3 Å². The van der Waals surface area contributed by atoms with E-state index in [0.29, 0.717) is 18.0 Å². The Labute approximate surface area is 158 Å².